The molecule has 26 heteroatoms. The van der Waals surface area contributed by atoms with Crippen LogP contribution in [0.15, 0.2) is 0 Å². The second kappa shape index (κ2) is 22.4. The fourth-order valence-electron chi connectivity index (χ4n) is 8.98. The number of ether oxygens (including phenoxy) is 9. The zero-order chi connectivity index (χ0) is 49.2. The standard InChI is InChI=1S/C40H67N5O21/c1-11-21(41-16(6)46)26(51)28(53)37(59-11)64-33-24(44-19(9)49)14(4)61-39(30(33)55)66-35-27(52)22(42-17(7)47)12(2)62-40(35)65-34-25(45-20(10)50)15(5)60-38(31(34)56)63-32-23(43-18(8)48)13(3)58-36(57)29(32)54/h11-15,21-40,51-57H,1-10H3,(H,41,46)(H,42,47)(H,43,48)(H,44,49)(H,45,50)/t11-,12-,13-,14-,15-,21-,22-,23-,24-,25-,26+,27+,28+,29+,30+,31+,32+,33+,34+,35+,36+,37-,38-,39-,40-/m1/s1. The predicted octanol–water partition coefficient (Wildman–Crippen LogP) is -6.07. The summed E-state index contributed by atoms with van der Waals surface area (Å²) in [6.07, 6.45) is -30.5. The van der Waals surface area contributed by atoms with E-state index in [2.05, 4.69) is 26.6 Å². The molecule has 66 heavy (non-hydrogen) atoms. The summed E-state index contributed by atoms with van der Waals surface area (Å²) in [4.78, 5) is 61.3. The minimum absolute atomic E-state index is 0.506. The van der Waals surface area contributed by atoms with Crippen LogP contribution in [0.5, 0.6) is 0 Å². The van der Waals surface area contributed by atoms with E-state index in [9.17, 15) is 59.7 Å². The highest BCUT2D eigenvalue weighted by atomic mass is 16.8. The van der Waals surface area contributed by atoms with E-state index >= 15 is 0 Å². The van der Waals surface area contributed by atoms with Crippen LogP contribution in [0.4, 0.5) is 0 Å². The smallest absolute Gasteiger partial charge is 0.217 e. The molecule has 5 saturated heterocycles. The van der Waals surface area contributed by atoms with Crippen LogP contribution in [0.1, 0.15) is 69.2 Å². The lowest BCUT2D eigenvalue weighted by molar-refractivity contribution is -0.379. The Morgan fingerprint density at radius 1 is 0.333 bits per heavy atom. The molecule has 0 aromatic rings. The molecule has 0 spiro atoms. The number of hydrogen-bond acceptors (Lipinski definition) is 21. The lowest BCUT2D eigenvalue weighted by Gasteiger charge is -2.51. The van der Waals surface area contributed by atoms with E-state index in [1.807, 2.05) is 0 Å². The highest BCUT2D eigenvalue weighted by molar-refractivity contribution is 5.75. The molecule has 0 saturated carbocycles. The van der Waals surface area contributed by atoms with Gasteiger partial charge < -0.3 is 105 Å². The van der Waals surface area contributed by atoms with Crippen LogP contribution in [0.25, 0.3) is 0 Å². The first-order valence-electron chi connectivity index (χ1n) is 21.8. The van der Waals surface area contributed by atoms with Gasteiger partial charge in [-0.25, -0.2) is 0 Å². The summed E-state index contributed by atoms with van der Waals surface area (Å²) in [6, 6.07) is -5.64. The Morgan fingerprint density at radius 3 is 1.00 bits per heavy atom. The van der Waals surface area contributed by atoms with Gasteiger partial charge in [-0.1, -0.05) is 0 Å². The molecule has 0 unspecified atom stereocenters. The maximum atomic E-state index is 12.6. The molecular formula is C40H67N5O21. The van der Waals surface area contributed by atoms with Gasteiger partial charge in [0.25, 0.3) is 0 Å². The third-order valence-electron chi connectivity index (χ3n) is 12.2. The number of rotatable bonds is 13. The van der Waals surface area contributed by atoms with Gasteiger partial charge in [0.2, 0.25) is 29.5 Å². The summed E-state index contributed by atoms with van der Waals surface area (Å²) < 4.78 is 54.4. The molecule has 0 aromatic carbocycles. The van der Waals surface area contributed by atoms with Crippen molar-refractivity contribution in [2.75, 3.05) is 0 Å². The van der Waals surface area contributed by atoms with E-state index in [-0.39, 0.29) is 0 Å². The number of carbonyl (C=O) groups excluding carboxylic acids is 5. The number of aliphatic hydroxyl groups excluding tert-OH is 7. The van der Waals surface area contributed by atoms with E-state index in [0.717, 1.165) is 0 Å². The quantitative estimate of drug-likeness (QED) is 0.0817. The number of amides is 5. The van der Waals surface area contributed by atoms with E-state index in [4.69, 9.17) is 42.6 Å². The number of nitrogens with one attached hydrogen (secondary N) is 5. The molecule has 5 heterocycles. The third-order valence-corrected chi connectivity index (χ3v) is 12.2. The monoisotopic (exact) mass is 953 g/mol. The first kappa shape index (κ1) is 53.7. The van der Waals surface area contributed by atoms with Crippen LogP contribution in [0.2, 0.25) is 0 Å². The summed E-state index contributed by atoms with van der Waals surface area (Å²) in [5, 5.41) is 92.4. The molecule has 0 aromatic heterocycles. The fraction of sp³-hybridized carbons (Fsp3) is 0.875. The van der Waals surface area contributed by atoms with E-state index in [1.165, 1.54) is 69.2 Å². The lowest BCUT2D eigenvalue weighted by Crippen LogP contribution is -2.71. The second-order valence-electron chi connectivity index (χ2n) is 17.5. The molecule has 0 aliphatic carbocycles. The average molecular weight is 954 g/mol. The summed E-state index contributed by atoms with van der Waals surface area (Å²) in [5.74, 6) is -2.76. The van der Waals surface area contributed by atoms with Gasteiger partial charge in [-0.3, -0.25) is 24.0 Å². The maximum Gasteiger partial charge on any atom is 0.217 e. The molecule has 25 atom stereocenters. The van der Waals surface area contributed by atoms with Gasteiger partial charge in [0.15, 0.2) is 31.5 Å². The normalized spacial score (nSPS) is 46.3. The number of hydrogen-bond donors (Lipinski definition) is 12. The largest absolute Gasteiger partial charge is 0.388 e. The van der Waals surface area contributed by atoms with Crippen LogP contribution in [0, 0.1) is 0 Å². The maximum absolute atomic E-state index is 12.6. The third kappa shape index (κ3) is 12.3. The summed E-state index contributed by atoms with van der Waals surface area (Å²) in [6.45, 7) is 13.5. The molecular weight excluding hydrogens is 886 g/mol. The van der Waals surface area contributed by atoms with Gasteiger partial charge in [-0.15, -0.1) is 0 Å². The van der Waals surface area contributed by atoms with Crippen molar-refractivity contribution in [2.45, 2.75) is 222 Å². The Balaban J connectivity index is 1.47. The number of aliphatic hydroxyl groups is 7. The van der Waals surface area contributed by atoms with Gasteiger partial charge in [0.1, 0.15) is 61.0 Å². The molecule has 5 rings (SSSR count). The molecule has 5 fully saturated rings. The van der Waals surface area contributed by atoms with Crippen molar-refractivity contribution < 1.29 is 102 Å². The molecule has 26 nitrogen and oxygen atoms in total. The van der Waals surface area contributed by atoms with Crippen molar-refractivity contribution in [3.8, 4) is 0 Å². The van der Waals surface area contributed by atoms with Crippen molar-refractivity contribution in [3.63, 3.8) is 0 Å². The Labute approximate surface area is 380 Å². The van der Waals surface area contributed by atoms with Gasteiger partial charge in [-0.2, -0.15) is 0 Å². The first-order valence-corrected chi connectivity index (χ1v) is 21.8. The average Bonchev–Trinajstić information content (AvgIpc) is 3.21. The van der Waals surface area contributed by atoms with Crippen molar-refractivity contribution >= 4 is 29.5 Å². The van der Waals surface area contributed by atoms with Gasteiger partial charge >= 0.3 is 0 Å². The zero-order valence-corrected chi connectivity index (χ0v) is 38.3. The lowest BCUT2D eigenvalue weighted by atomic mass is 9.93. The second-order valence-corrected chi connectivity index (χ2v) is 17.5. The molecule has 0 bridgehead atoms. The minimum atomic E-state index is -1.90. The van der Waals surface area contributed by atoms with E-state index in [1.54, 1.807) is 0 Å². The van der Waals surface area contributed by atoms with Gasteiger partial charge in [-0.05, 0) is 34.6 Å². The Kier molecular flexibility index (Phi) is 18.2. The highest BCUT2D eigenvalue weighted by Gasteiger charge is 2.56. The van der Waals surface area contributed by atoms with Crippen LogP contribution in [-0.2, 0) is 66.6 Å². The minimum Gasteiger partial charge on any atom is -0.388 e. The topological polar surface area (TPSA) is 370 Å². The molecule has 5 amide bonds. The highest BCUT2D eigenvalue weighted by Crippen LogP contribution is 2.36. The van der Waals surface area contributed by atoms with Crippen LogP contribution in [0.3, 0.4) is 0 Å². The van der Waals surface area contributed by atoms with Crippen LogP contribution in [-0.4, -0.2) is 219 Å². The van der Waals surface area contributed by atoms with Crippen molar-refractivity contribution in [1.82, 2.24) is 26.6 Å². The van der Waals surface area contributed by atoms with Crippen molar-refractivity contribution in [1.29, 1.82) is 0 Å². The Morgan fingerprint density at radius 2 is 0.606 bits per heavy atom. The zero-order valence-electron chi connectivity index (χ0n) is 38.3. The van der Waals surface area contributed by atoms with Crippen LogP contribution >= 0.6 is 0 Å². The van der Waals surface area contributed by atoms with Crippen LogP contribution < -0.4 is 26.6 Å². The van der Waals surface area contributed by atoms with Gasteiger partial charge in [0, 0.05) is 34.6 Å². The summed E-state index contributed by atoms with van der Waals surface area (Å²) >= 11 is 0. The van der Waals surface area contributed by atoms with E-state index < -0.39 is 183 Å². The molecule has 5 aliphatic heterocycles. The Bertz CT molecular complexity index is 1700. The fourth-order valence-corrected chi connectivity index (χ4v) is 8.98. The predicted molar refractivity (Wildman–Crippen MR) is 217 cm³/mol. The first-order chi connectivity index (χ1) is 30.8. The molecule has 5 aliphatic rings. The van der Waals surface area contributed by atoms with Crippen molar-refractivity contribution in [2.24, 2.45) is 0 Å². The Hall–Kier alpha value is -3.29. The molecule has 0 radical (unpaired) electrons. The van der Waals surface area contributed by atoms with Crippen molar-refractivity contribution in [3.05, 3.63) is 0 Å². The summed E-state index contributed by atoms with van der Waals surface area (Å²) in [5.41, 5.74) is 0. The summed E-state index contributed by atoms with van der Waals surface area (Å²) in [7, 11) is 0. The molecule has 12 N–H and O–H groups in total. The van der Waals surface area contributed by atoms with E-state index in [0.29, 0.717) is 0 Å². The SMILES string of the molecule is CC(=O)N[C@H]1[C@H](O)[C@H](O)[C@@H](O[C@@H]2[C@H](O)[C@@H](O[C@@H]3[C@@H](O[C@@H]4[C@H](O)[C@@H](O[C@@H]5[C@H](O)[C@@H](O)O[C@H](C)[C@H]5NC(C)=O)O[C@H](C)[C@H]4NC(C)=O)O[C@H](C)[C@@H](NC(C)=O)[C@@H]3O)O[C@H](C)[C@H]2NC(C)=O)O[C@@H]1C. The van der Waals surface area contributed by atoms with Gasteiger partial charge in [0.05, 0.1) is 60.7 Å². The number of carbonyl (C=O) groups is 5. The molecule has 378 valence electrons.